The Kier molecular flexibility index (Phi) is 5.90. The number of carbonyl (C=O) groups excluding carboxylic acids is 5. The number of Topliss-reactive ketones (excluding diaryl/α,β-unsaturated/α-hetero) is 4. The number of aliphatic hydroxyl groups is 2. The minimum absolute atomic E-state index is 0.127. The summed E-state index contributed by atoms with van der Waals surface area (Å²) in [4.78, 5) is 67.9. The van der Waals surface area contributed by atoms with Crippen LogP contribution in [0, 0.1) is 23.7 Å². The third-order valence-corrected chi connectivity index (χ3v) is 8.55. The molecule has 10 heteroatoms. The number of phenolic OH excluding ortho intramolecular Hbond substituents is 1. The lowest BCUT2D eigenvalue weighted by molar-refractivity contribution is -0.196. The molecule has 2 fully saturated rings. The van der Waals surface area contributed by atoms with Crippen molar-refractivity contribution in [2.24, 2.45) is 29.4 Å². The van der Waals surface area contributed by atoms with Gasteiger partial charge in [-0.2, -0.15) is 0 Å². The van der Waals surface area contributed by atoms with E-state index in [1.54, 1.807) is 13.0 Å². The van der Waals surface area contributed by atoms with E-state index in [-0.39, 0.29) is 11.3 Å². The van der Waals surface area contributed by atoms with Crippen molar-refractivity contribution < 1.29 is 39.3 Å². The average molecular weight is 521 g/mol. The molecule has 3 aliphatic carbocycles. The summed E-state index contributed by atoms with van der Waals surface area (Å²) in [5.41, 5.74) is 3.97. The lowest BCUT2D eigenvalue weighted by Gasteiger charge is -2.56. The van der Waals surface area contributed by atoms with Crippen molar-refractivity contribution in [2.45, 2.75) is 30.6 Å². The van der Waals surface area contributed by atoms with Gasteiger partial charge in [0.15, 0.2) is 34.7 Å². The molecule has 8 atom stereocenters. The Bertz CT molecular complexity index is 1400. The van der Waals surface area contributed by atoms with E-state index in [0.717, 1.165) is 5.56 Å². The molecule has 2 unspecified atom stereocenters. The molecule has 5 N–H and O–H groups in total. The molecule has 0 bridgehead atoms. The quantitative estimate of drug-likeness (QED) is 0.408. The number of hydrogen-bond donors (Lipinski definition) is 4. The molecule has 0 saturated heterocycles. The molecule has 0 radical (unpaired) electrons. The van der Waals surface area contributed by atoms with Gasteiger partial charge < -0.3 is 21.1 Å². The number of carbonyl (C=O) groups is 5. The number of nitrogens with zero attached hydrogens (tertiary/aromatic N) is 1. The van der Waals surface area contributed by atoms with Gasteiger partial charge in [-0.15, -0.1) is 0 Å². The number of phenols is 1. The summed E-state index contributed by atoms with van der Waals surface area (Å²) in [7, 11) is 2.91. The van der Waals surface area contributed by atoms with Crippen molar-refractivity contribution >= 4 is 29.0 Å². The number of aliphatic hydroxyl groups excluding tert-OH is 1. The SMILES string of the molecule is C[C@@H]1c2c(-c3ccccc3)ccc(O)c2C(=O)C2C(=O)[C@@]3(O)C(=O)C(C(N)=O)C(=O)[C@H](N(C)C)[C@H]3[C@H](O)[C@H]21. The van der Waals surface area contributed by atoms with Gasteiger partial charge in [0.1, 0.15) is 5.75 Å². The van der Waals surface area contributed by atoms with E-state index in [1.165, 1.54) is 25.1 Å². The molecular formula is C28H28N2O8. The fourth-order valence-corrected chi connectivity index (χ4v) is 6.94. The summed E-state index contributed by atoms with van der Waals surface area (Å²) >= 11 is 0. The van der Waals surface area contributed by atoms with Crippen LogP contribution in [0.2, 0.25) is 0 Å². The Hall–Kier alpha value is -3.73. The topological polar surface area (TPSA) is 175 Å². The number of primary amides is 1. The van der Waals surface area contributed by atoms with Crippen molar-refractivity contribution in [2.75, 3.05) is 14.1 Å². The van der Waals surface area contributed by atoms with Crippen molar-refractivity contribution in [3.8, 4) is 16.9 Å². The number of benzene rings is 2. The molecular weight excluding hydrogens is 492 g/mol. The molecule has 198 valence electrons. The summed E-state index contributed by atoms with van der Waals surface area (Å²) in [5, 5.41) is 34.2. The minimum Gasteiger partial charge on any atom is -0.507 e. The molecule has 38 heavy (non-hydrogen) atoms. The second-order valence-corrected chi connectivity index (χ2v) is 10.7. The molecule has 0 aromatic heterocycles. The summed E-state index contributed by atoms with van der Waals surface area (Å²) in [6.45, 7) is 1.69. The summed E-state index contributed by atoms with van der Waals surface area (Å²) in [6.07, 6.45) is -1.67. The fraction of sp³-hybridized carbons (Fsp3) is 0.393. The van der Waals surface area contributed by atoms with Crippen LogP contribution < -0.4 is 5.73 Å². The van der Waals surface area contributed by atoms with E-state index in [1.807, 2.05) is 30.3 Å². The van der Waals surface area contributed by atoms with Gasteiger partial charge in [-0.05, 0) is 42.8 Å². The van der Waals surface area contributed by atoms with Crippen molar-refractivity contribution in [3.63, 3.8) is 0 Å². The first-order chi connectivity index (χ1) is 17.8. The molecule has 10 nitrogen and oxygen atoms in total. The smallest absolute Gasteiger partial charge is 0.235 e. The van der Waals surface area contributed by atoms with Crippen LogP contribution >= 0.6 is 0 Å². The number of ketones is 4. The van der Waals surface area contributed by atoms with Gasteiger partial charge in [-0.3, -0.25) is 28.9 Å². The Balaban J connectivity index is 1.75. The van der Waals surface area contributed by atoms with Gasteiger partial charge in [-0.1, -0.05) is 43.3 Å². The van der Waals surface area contributed by atoms with Gasteiger partial charge in [0.25, 0.3) is 0 Å². The predicted molar refractivity (Wildman–Crippen MR) is 133 cm³/mol. The number of likely N-dealkylation sites (N-methyl/N-ethyl adjacent to an activating group) is 1. The second-order valence-electron chi connectivity index (χ2n) is 10.7. The van der Waals surface area contributed by atoms with Gasteiger partial charge in [0, 0.05) is 5.92 Å². The lowest BCUT2D eigenvalue weighted by Crippen LogP contribution is -2.77. The lowest BCUT2D eigenvalue weighted by atomic mass is 9.49. The highest BCUT2D eigenvalue weighted by molar-refractivity contribution is 6.32. The van der Waals surface area contributed by atoms with Crippen molar-refractivity contribution in [1.29, 1.82) is 0 Å². The predicted octanol–water partition coefficient (Wildman–Crippen LogP) is 0.0658. The van der Waals surface area contributed by atoms with Crippen LogP contribution in [0.5, 0.6) is 5.75 Å². The largest absolute Gasteiger partial charge is 0.507 e. The van der Waals surface area contributed by atoms with E-state index in [4.69, 9.17) is 5.73 Å². The highest BCUT2D eigenvalue weighted by Crippen LogP contribution is 2.55. The highest BCUT2D eigenvalue weighted by Gasteiger charge is 2.73. The zero-order valence-electron chi connectivity index (χ0n) is 21.0. The van der Waals surface area contributed by atoms with Crippen LogP contribution in [0.3, 0.4) is 0 Å². The zero-order chi connectivity index (χ0) is 27.8. The normalized spacial score (nSPS) is 34.5. The average Bonchev–Trinajstić information content (AvgIpc) is 2.86. The standard InChI is InChI=1S/C28H28N2O8/c1-11-15-13(12-7-5-4-6-8-12)9-10-14(31)17(15)22(32)18-16(11)23(33)20-21(30(2)3)24(34)19(27(29)37)26(36)28(20,38)25(18)35/h4-11,16,18-21,23,31,33,38H,1-3H3,(H2,29,37)/t11-,16+,18?,19?,20+,21-,23-,28-/m1/s1. The monoisotopic (exact) mass is 520 g/mol. The minimum atomic E-state index is -3.01. The second kappa shape index (κ2) is 8.65. The maximum atomic E-state index is 14.0. The van der Waals surface area contributed by atoms with Crippen LogP contribution in [-0.2, 0) is 19.2 Å². The molecule has 1 amide bonds. The Morgan fingerprint density at radius 1 is 1.00 bits per heavy atom. The van der Waals surface area contributed by atoms with Crippen LogP contribution in [0.1, 0.15) is 28.8 Å². The first-order valence-corrected chi connectivity index (χ1v) is 12.3. The van der Waals surface area contributed by atoms with Crippen molar-refractivity contribution in [3.05, 3.63) is 53.6 Å². The fourth-order valence-electron chi connectivity index (χ4n) is 6.94. The Morgan fingerprint density at radius 2 is 1.63 bits per heavy atom. The molecule has 3 aliphatic rings. The number of amides is 1. The maximum absolute atomic E-state index is 14.0. The van der Waals surface area contributed by atoms with E-state index in [9.17, 15) is 39.3 Å². The van der Waals surface area contributed by atoms with Gasteiger partial charge in [-0.25, -0.2) is 0 Å². The molecule has 2 saturated carbocycles. The van der Waals surface area contributed by atoms with Gasteiger partial charge in [0.2, 0.25) is 5.91 Å². The first-order valence-electron chi connectivity index (χ1n) is 12.3. The van der Waals surface area contributed by atoms with Gasteiger partial charge >= 0.3 is 0 Å². The number of nitrogens with two attached hydrogens (primary N) is 1. The number of fused-ring (bicyclic) bond motifs is 3. The third kappa shape index (κ3) is 3.20. The van der Waals surface area contributed by atoms with Crippen LogP contribution in [-0.4, -0.2) is 81.1 Å². The van der Waals surface area contributed by atoms with E-state index >= 15 is 0 Å². The highest BCUT2D eigenvalue weighted by atomic mass is 16.3. The van der Waals surface area contributed by atoms with E-state index in [2.05, 4.69) is 0 Å². The van der Waals surface area contributed by atoms with E-state index < -0.39 is 76.4 Å². The number of rotatable bonds is 3. The van der Waals surface area contributed by atoms with Crippen molar-refractivity contribution in [1.82, 2.24) is 4.90 Å². The Morgan fingerprint density at radius 3 is 2.21 bits per heavy atom. The molecule has 2 aromatic carbocycles. The third-order valence-electron chi connectivity index (χ3n) is 8.55. The van der Waals surface area contributed by atoms with Gasteiger partial charge in [0.05, 0.1) is 29.5 Å². The molecule has 0 aliphatic heterocycles. The maximum Gasteiger partial charge on any atom is 0.235 e. The molecule has 0 heterocycles. The van der Waals surface area contributed by atoms with Crippen LogP contribution in [0.25, 0.3) is 11.1 Å². The molecule has 0 spiro atoms. The number of hydrogen-bond acceptors (Lipinski definition) is 9. The zero-order valence-corrected chi connectivity index (χ0v) is 21.0. The molecule has 2 aromatic rings. The van der Waals surface area contributed by atoms with Crippen LogP contribution in [0.15, 0.2) is 42.5 Å². The molecule has 5 rings (SSSR count). The summed E-state index contributed by atoms with van der Waals surface area (Å²) < 4.78 is 0. The van der Waals surface area contributed by atoms with E-state index in [0.29, 0.717) is 11.1 Å². The number of aromatic hydroxyl groups is 1. The first kappa shape index (κ1) is 25.9. The van der Waals surface area contributed by atoms with Crippen LogP contribution in [0.4, 0.5) is 0 Å². The summed E-state index contributed by atoms with van der Waals surface area (Å²) in [5.74, 6) is -13.4. The Labute approximate surface area is 218 Å². The summed E-state index contributed by atoms with van der Waals surface area (Å²) in [6, 6.07) is 10.7.